The molecule has 0 aliphatic heterocycles. The van der Waals surface area contributed by atoms with E-state index < -0.39 is 0 Å². The van der Waals surface area contributed by atoms with Gasteiger partial charge in [-0.05, 0) is 48.4 Å². The molecule has 6 heteroatoms. The average molecular weight is 250 g/mol. The van der Waals surface area contributed by atoms with Crippen LogP contribution in [0.5, 0.6) is 0 Å². The molecule has 0 spiro atoms. The van der Waals surface area contributed by atoms with Gasteiger partial charge in [0.15, 0.2) is 5.82 Å². The fraction of sp³-hybridized carbons (Fsp3) is 0.364. The number of hydrogen-bond donors (Lipinski definition) is 1. The van der Waals surface area contributed by atoms with Crippen molar-refractivity contribution in [3.05, 3.63) is 23.2 Å². The topological polar surface area (TPSA) is 69.6 Å². The molecule has 5 nitrogen and oxygen atoms in total. The van der Waals surface area contributed by atoms with Crippen LogP contribution >= 0.6 is 11.6 Å². The maximum atomic E-state index is 5.98. The van der Waals surface area contributed by atoms with E-state index in [2.05, 4.69) is 22.4 Å². The van der Waals surface area contributed by atoms with Gasteiger partial charge in [-0.2, -0.15) is 0 Å². The van der Waals surface area contributed by atoms with E-state index in [4.69, 9.17) is 17.3 Å². The molecule has 88 valence electrons. The minimum Gasteiger partial charge on any atom is -0.398 e. The predicted octanol–water partition coefficient (Wildman–Crippen LogP) is 2.08. The van der Waals surface area contributed by atoms with E-state index in [-0.39, 0.29) is 5.54 Å². The smallest absolute Gasteiger partial charge is 0.184 e. The summed E-state index contributed by atoms with van der Waals surface area (Å²) in [5.74, 6) is 0.685. The summed E-state index contributed by atoms with van der Waals surface area (Å²) >= 11 is 5.98. The molecule has 2 aromatic rings. The second-order valence-electron chi connectivity index (χ2n) is 4.64. The van der Waals surface area contributed by atoms with Crippen LogP contribution in [0.2, 0.25) is 5.02 Å². The third kappa shape index (κ3) is 1.67. The van der Waals surface area contributed by atoms with Crippen molar-refractivity contribution in [3.8, 4) is 11.4 Å². The van der Waals surface area contributed by atoms with Crippen LogP contribution in [0.4, 0.5) is 5.69 Å². The zero-order valence-corrected chi connectivity index (χ0v) is 10.1. The minimum absolute atomic E-state index is 0.0353. The van der Waals surface area contributed by atoms with E-state index in [1.54, 1.807) is 18.2 Å². The SMILES string of the molecule is CC1(n2nnnc2-c2cc(Cl)ccc2N)CC1. The molecule has 0 atom stereocenters. The fourth-order valence-corrected chi connectivity index (χ4v) is 2.01. The zero-order valence-electron chi connectivity index (χ0n) is 9.39. The largest absolute Gasteiger partial charge is 0.398 e. The zero-order chi connectivity index (χ0) is 12.0. The lowest BCUT2D eigenvalue weighted by molar-refractivity contribution is 0.463. The molecule has 1 aliphatic rings. The van der Waals surface area contributed by atoms with Gasteiger partial charge in [-0.1, -0.05) is 11.6 Å². The summed E-state index contributed by atoms with van der Waals surface area (Å²) in [5.41, 5.74) is 7.40. The number of tetrazole rings is 1. The van der Waals surface area contributed by atoms with Crippen LogP contribution in [0, 0.1) is 0 Å². The van der Waals surface area contributed by atoms with Crippen LogP contribution in [0.1, 0.15) is 19.8 Å². The van der Waals surface area contributed by atoms with Crippen molar-refractivity contribution in [2.75, 3.05) is 5.73 Å². The fourth-order valence-electron chi connectivity index (χ4n) is 1.83. The number of rotatable bonds is 2. The normalized spacial score (nSPS) is 17.1. The van der Waals surface area contributed by atoms with Crippen molar-refractivity contribution in [2.45, 2.75) is 25.3 Å². The highest BCUT2D eigenvalue weighted by Crippen LogP contribution is 2.44. The van der Waals surface area contributed by atoms with Gasteiger partial charge >= 0.3 is 0 Å². The monoisotopic (exact) mass is 249 g/mol. The molecule has 1 aromatic heterocycles. The van der Waals surface area contributed by atoms with Gasteiger partial charge in [-0.15, -0.1) is 5.10 Å². The van der Waals surface area contributed by atoms with Crippen molar-refractivity contribution < 1.29 is 0 Å². The standard InChI is InChI=1S/C11H12ClN5/c1-11(4-5-11)17-10(14-15-16-17)8-6-7(12)2-3-9(8)13/h2-3,6H,4-5,13H2,1H3. The first-order valence-corrected chi connectivity index (χ1v) is 5.82. The quantitative estimate of drug-likeness (QED) is 0.828. The number of aromatic nitrogens is 4. The van der Waals surface area contributed by atoms with Gasteiger partial charge < -0.3 is 5.73 Å². The van der Waals surface area contributed by atoms with Crippen molar-refractivity contribution >= 4 is 17.3 Å². The number of nitrogen functional groups attached to an aromatic ring is 1. The number of halogens is 1. The molecule has 0 unspecified atom stereocenters. The Hall–Kier alpha value is -1.62. The first-order valence-electron chi connectivity index (χ1n) is 5.44. The Morgan fingerprint density at radius 1 is 1.41 bits per heavy atom. The summed E-state index contributed by atoms with van der Waals surface area (Å²) in [4.78, 5) is 0. The Kier molecular flexibility index (Phi) is 2.13. The molecule has 0 bridgehead atoms. The predicted molar refractivity (Wildman–Crippen MR) is 65.6 cm³/mol. The van der Waals surface area contributed by atoms with Gasteiger partial charge in [-0.3, -0.25) is 0 Å². The van der Waals surface area contributed by atoms with Crippen LogP contribution in [0.25, 0.3) is 11.4 Å². The second kappa shape index (κ2) is 3.43. The molecular formula is C11H12ClN5. The minimum atomic E-state index is 0.0353. The summed E-state index contributed by atoms with van der Waals surface area (Å²) in [6.07, 6.45) is 2.18. The van der Waals surface area contributed by atoms with Gasteiger partial charge in [0.25, 0.3) is 0 Å². The van der Waals surface area contributed by atoms with E-state index in [1.807, 2.05) is 4.68 Å². The highest BCUT2D eigenvalue weighted by Gasteiger charge is 2.42. The molecule has 1 heterocycles. The van der Waals surface area contributed by atoms with Crippen molar-refractivity contribution in [1.29, 1.82) is 0 Å². The number of hydrogen-bond acceptors (Lipinski definition) is 4. The number of nitrogens with two attached hydrogens (primary N) is 1. The van der Waals surface area contributed by atoms with Crippen molar-refractivity contribution in [3.63, 3.8) is 0 Å². The molecular weight excluding hydrogens is 238 g/mol. The third-order valence-corrected chi connectivity index (χ3v) is 3.45. The maximum Gasteiger partial charge on any atom is 0.184 e. The van der Waals surface area contributed by atoms with Crippen LogP contribution in [0.3, 0.4) is 0 Å². The Balaban J connectivity index is 2.15. The van der Waals surface area contributed by atoms with E-state index >= 15 is 0 Å². The molecule has 0 radical (unpaired) electrons. The molecule has 1 aliphatic carbocycles. The highest BCUT2D eigenvalue weighted by molar-refractivity contribution is 6.31. The van der Waals surface area contributed by atoms with Crippen molar-refractivity contribution in [2.24, 2.45) is 0 Å². The van der Waals surface area contributed by atoms with Gasteiger partial charge in [0.2, 0.25) is 0 Å². The first-order chi connectivity index (χ1) is 8.10. The third-order valence-electron chi connectivity index (χ3n) is 3.21. The Morgan fingerprint density at radius 3 is 2.88 bits per heavy atom. The Morgan fingerprint density at radius 2 is 2.18 bits per heavy atom. The molecule has 0 saturated heterocycles. The second-order valence-corrected chi connectivity index (χ2v) is 5.08. The average Bonchev–Trinajstić information content (AvgIpc) is 2.87. The molecule has 1 aromatic carbocycles. The van der Waals surface area contributed by atoms with Gasteiger partial charge in [-0.25, -0.2) is 4.68 Å². The van der Waals surface area contributed by atoms with Gasteiger partial charge in [0.05, 0.1) is 5.54 Å². The van der Waals surface area contributed by atoms with Gasteiger partial charge in [0.1, 0.15) is 0 Å². The van der Waals surface area contributed by atoms with Crippen LogP contribution < -0.4 is 5.73 Å². The van der Waals surface area contributed by atoms with Crippen LogP contribution in [-0.4, -0.2) is 20.2 Å². The molecule has 0 amide bonds. The maximum absolute atomic E-state index is 5.98. The first kappa shape index (κ1) is 10.5. The molecule has 2 N–H and O–H groups in total. The van der Waals surface area contributed by atoms with E-state index in [1.165, 1.54) is 0 Å². The summed E-state index contributed by atoms with van der Waals surface area (Å²) in [6, 6.07) is 5.32. The van der Waals surface area contributed by atoms with Crippen LogP contribution in [0.15, 0.2) is 18.2 Å². The Bertz CT molecular complexity index is 573. The number of nitrogens with zero attached hydrogens (tertiary/aromatic N) is 4. The number of benzene rings is 1. The summed E-state index contributed by atoms with van der Waals surface area (Å²) < 4.78 is 1.84. The Labute approximate surface area is 104 Å². The molecule has 1 saturated carbocycles. The summed E-state index contributed by atoms with van der Waals surface area (Å²) in [7, 11) is 0. The van der Waals surface area contributed by atoms with Crippen LogP contribution in [-0.2, 0) is 5.54 Å². The van der Waals surface area contributed by atoms with E-state index in [9.17, 15) is 0 Å². The summed E-state index contributed by atoms with van der Waals surface area (Å²) in [6.45, 7) is 2.13. The molecule has 17 heavy (non-hydrogen) atoms. The molecule has 3 rings (SSSR count). The van der Waals surface area contributed by atoms with E-state index in [0.29, 0.717) is 16.5 Å². The lowest BCUT2D eigenvalue weighted by Crippen LogP contribution is -2.16. The summed E-state index contributed by atoms with van der Waals surface area (Å²) in [5, 5.41) is 12.5. The highest BCUT2D eigenvalue weighted by atomic mass is 35.5. The van der Waals surface area contributed by atoms with E-state index in [0.717, 1.165) is 18.4 Å². The molecule has 1 fully saturated rings. The number of anilines is 1. The van der Waals surface area contributed by atoms with Crippen molar-refractivity contribution in [1.82, 2.24) is 20.2 Å². The lowest BCUT2D eigenvalue weighted by atomic mass is 10.1. The van der Waals surface area contributed by atoms with Gasteiger partial charge in [0, 0.05) is 16.3 Å². The lowest BCUT2D eigenvalue weighted by Gasteiger charge is -2.12.